The minimum absolute atomic E-state index is 0.0843. The van der Waals surface area contributed by atoms with E-state index in [0.717, 1.165) is 18.6 Å². The SMILES string of the molecule is O=C(Cc1cc(COCc2ccc(F)cc2)on1)NCC1CCOC1. The van der Waals surface area contributed by atoms with E-state index < -0.39 is 0 Å². The Balaban J connectivity index is 1.37. The summed E-state index contributed by atoms with van der Waals surface area (Å²) in [6.07, 6.45) is 1.16. The zero-order valence-electron chi connectivity index (χ0n) is 13.9. The standard InChI is InChI=1S/C18H21FN2O4/c19-15-3-1-13(2-4-15)10-24-12-17-7-16(21-25-17)8-18(22)20-9-14-5-6-23-11-14/h1-4,7,14H,5-6,8-12H2,(H,20,22). The number of carbonyl (C=O) groups is 1. The number of benzene rings is 1. The van der Waals surface area contributed by atoms with Gasteiger partial charge in [-0.2, -0.15) is 0 Å². The predicted molar refractivity (Wildman–Crippen MR) is 87.0 cm³/mol. The summed E-state index contributed by atoms with van der Waals surface area (Å²) < 4.78 is 28.8. The van der Waals surface area contributed by atoms with Crippen LogP contribution in [0.1, 0.15) is 23.4 Å². The smallest absolute Gasteiger partial charge is 0.226 e. The fourth-order valence-corrected chi connectivity index (χ4v) is 2.59. The number of hydrogen-bond donors (Lipinski definition) is 1. The van der Waals surface area contributed by atoms with Crippen molar-refractivity contribution in [3.8, 4) is 0 Å². The van der Waals surface area contributed by atoms with Crippen molar-refractivity contribution < 1.29 is 23.2 Å². The number of aromatic nitrogens is 1. The van der Waals surface area contributed by atoms with Crippen LogP contribution in [0.5, 0.6) is 0 Å². The molecule has 3 rings (SSSR count). The van der Waals surface area contributed by atoms with Crippen molar-refractivity contribution >= 4 is 5.91 Å². The molecule has 1 aliphatic rings. The Morgan fingerprint density at radius 2 is 2.16 bits per heavy atom. The molecule has 1 saturated heterocycles. The van der Waals surface area contributed by atoms with E-state index in [4.69, 9.17) is 14.0 Å². The number of hydrogen-bond acceptors (Lipinski definition) is 5. The molecule has 1 fully saturated rings. The second kappa shape index (κ2) is 8.73. The summed E-state index contributed by atoms with van der Waals surface area (Å²) in [5.41, 5.74) is 1.44. The normalized spacial score (nSPS) is 16.9. The van der Waals surface area contributed by atoms with Crippen molar-refractivity contribution in [3.05, 3.63) is 53.2 Å². The zero-order valence-corrected chi connectivity index (χ0v) is 13.9. The van der Waals surface area contributed by atoms with Gasteiger partial charge in [-0.1, -0.05) is 17.3 Å². The van der Waals surface area contributed by atoms with E-state index in [9.17, 15) is 9.18 Å². The summed E-state index contributed by atoms with van der Waals surface area (Å²) in [6.45, 7) is 2.70. The van der Waals surface area contributed by atoms with Crippen LogP contribution in [0.4, 0.5) is 4.39 Å². The maximum absolute atomic E-state index is 12.8. The Labute approximate surface area is 145 Å². The molecule has 1 amide bonds. The molecule has 0 aliphatic carbocycles. The summed E-state index contributed by atoms with van der Waals surface area (Å²) in [5, 5.41) is 6.77. The lowest BCUT2D eigenvalue weighted by atomic mass is 10.1. The Bertz CT molecular complexity index is 681. The molecule has 1 aromatic heterocycles. The van der Waals surface area contributed by atoms with E-state index in [1.807, 2.05) is 0 Å². The fraction of sp³-hybridized carbons (Fsp3) is 0.444. The summed E-state index contributed by atoms with van der Waals surface area (Å²) in [4.78, 5) is 11.9. The first-order valence-corrected chi connectivity index (χ1v) is 8.30. The minimum Gasteiger partial charge on any atom is -0.381 e. The van der Waals surface area contributed by atoms with E-state index >= 15 is 0 Å². The van der Waals surface area contributed by atoms with Crippen LogP contribution in [-0.2, 0) is 33.9 Å². The maximum atomic E-state index is 12.8. The molecule has 2 aromatic rings. The molecular formula is C18H21FN2O4. The number of amides is 1. The van der Waals surface area contributed by atoms with E-state index in [2.05, 4.69) is 10.5 Å². The van der Waals surface area contributed by atoms with Gasteiger partial charge in [0.1, 0.15) is 12.4 Å². The Morgan fingerprint density at radius 1 is 1.32 bits per heavy atom. The van der Waals surface area contributed by atoms with Gasteiger partial charge in [-0.15, -0.1) is 0 Å². The van der Waals surface area contributed by atoms with Crippen LogP contribution in [0, 0.1) is 11.7 Å². The van der Waals surface area contributed by atoms with Gasteiger partial charge in [-0.3, -0.25) is 4.79 Å². The van der Waals surface area contributed by atoms with Gasteiger partial charge in [-0.25, -0.2) is 4.39 Å². The molecule has 134 valence electrons. The van der Waals surface area contributed by atoms with Crippen molar-refractivity contribution in [2.24, 2.45) is 5.92 Å². The third-order valence-corrected chi connectivity index (χ3v) is 3.99. The molecule has 0 bridgehead atoms. The monoisotopic (exact) mass is 348 g/mol. The van der Waals surface area contributed by atoms with Gasteiger partial charge >= 0.3 is 0 Å². The number of carbonyl (C=O) groups excluding carboxylic acids is 1. The Morgan fingerprint density at radius 3 is 2.92 bits per heavy atom. The zero-order chi connectivity index (χ0) is 17.5. The number of halogens is 1. The first-order chi connectivity index (χ1) is 12.2. The van der Waals surface area contributed by atoms with Gasteiger partial charge in [0, 0.05) is 25.1 Å². The topological polar surface area (TPSA) is 73.6 Å². The molecule has 1 aromatic carbocycles. The van der Waals surface area contributed by atoms with Crippen LogP contribution in [0.3, 0.4) is 0 Å². The van der Waals surface area contributed by atoms with Crippen molar-refractivity contribution in [3.63, 3.8) is 0 Å². The molecule has 1 N–H and O–H groups in total. The Hall–Kier alpha value is -2.25. The lowest BCUT2D eigenvalue weighted by Crippen LogP contribution is -2.30. The summed E-state index contributed by atoms with van der Waals surface area (Å²) in [6, 6.07) is 7.83. The largest absolute Gasteiger partial charge is 0.381 e. The molecule has 2 heterocycles. The number of nitrogens with one attached hydrogen (secondary N) is 1. The molecule has 0 spiro atoms. The van der Waals surface area contributed by atoms with Crippen LogP contribution in [-0.4, -0.2) is 30.8 Å². The van der Waals surface area contributed by atoms with E-state index in [-0.39, 0.29) is 24.8 Å². The lowest BCUT2D eigenvalue weighted by Gasteiger charge is -2.08. The quantitative estimate of drug-likeness (QED) is 0.792. The third-order valence-electron chi connectivity index (χ3n) is 3.99. The molecule has 0 saturated carbocycles. The van der Waals surface area contributed by atoms with Crippen LogP contribution in [0.25, 0.3) is 0 Å². The Kier molecular flexibility index (Phi) is 6.14. The molecular weight excluding hydrogens is 327 g/mol. The van der Waals surface area contributed by atoms with Crippen molar-refractivity contribution in [1.82, 2.24) is 10.5 Å². The third kappa shape index (κ3) is 5.65. The highest BCUT2D eigenvalue weighted by Crippen LogP contribution is 2.11. The number of nitrogens with zero attached hydrogens (tertiary/aromatic N) is 1. The van der Waals surface area contributed by atoms with Gasteiger partial charge in [0.25, 0.3) is 0 Å². The van der Waals surface area contributed by atoms with Crippen LogP contribution < -0.4 is 5.32 Å². The van der Waals surface area contributed by atoms with Gasteiger partial charge < -0.3 is 19.3 Å². The van der Waals surface area contributed by atoms with Crippen molar-refractivity contribution in [1.29, 1.82) is 0 Å². The van der Waals surface area contributed by atoms with E-state index in [1.165, 1.54) is 12.1 Å². The molecule has 7 heteroatoms. The average Bonchev–Trinajstić information content (AvgIpc) is 3.27. The molecule has 6 nitrogen and oxygen atoms in total. The van der Waals surface area contributed by atoms with Crippen LogP contribution >= 0.6 is 0 Å². The van der Waals surface area contributed by atoms with Crippen LogP contribution in [0.15, 0.2) is 34.9 Å². The van der Waals surface area contributed by atoms with Gasteiger partial charge in [0.05, 0.1) is 25.3 Å². The van der Waals surface area contributed by atoms with Gasteiger partial charge in [0.2, 0.25) is 5.91 Å². The molecule has 1 atom stereocenters. The van der Waals surface area contributed by atoms with E-state index in [0.29, 0.717) is 37.1 Å². The average molecular weight is 348 g/mol. The predicted octanol–water partition coefficient (Wildman–Crippen LogP) is 2.23. The minimum atomic E-state index is -0.276. The number of ether oxygens (including phenoxy) is 2. The molecule has 1 unspecified atom stereocenters. The molecule has 25 heavy (non-hydrogen) atoms. The molecule has 1 aliphatic heterocycles. The first kappa shape index (κ1) is 17.6. The molecule has 0 radical (unpaired) electrons. The number of rotatable bonds is 8. The summed E-state index contributed by atoms with van der Waals surface area (Å²) in [5.74, 6) is 0.590. The highest BCUT2D eigenvalue weighted by Gasteiger charge is 2.17. The van der Waals surface area contributed by atoms with E-state index in [1.54, 1.807) is 18.2 Å². The summed E-state index contributed by atoms with van der Waals surface area (Å²) in [7, 11) is 0. The highest BCUT2D eigenvalue weighted by molar-refractivity contribution is 5.78. The highest BCUT2D eigenvalue weighted by atomic mass is 19.1. The fourth-order valence-electron chi connectivity index (χ4n) is 2.59. The second-order valence-electron chi connectivity index (χ2n) is 6.11. The summed E-state index contributed by atoms with van der Waals surface area (Å²) >= 11 is 0. The van der Waals surface area contributed by atoms with Crippen molar-refractivity contribution in [2.75, 3.05) is 19.8 Å². The van der Waals surface area contributed by atoms with Gasteiger partial charge in [0.15, 0.2) is 5.76 Å². The second-order valence-corrected chi connectivity index (χ2v) is 6.11. The lowest BCUT2D eigenvalue weighted by molar-refractivity contribution is -0.120. The van der Waals surface area contributed by atoms with Crippen LogP contribution in [0.2, 0.25) is 0 Å². The maximum Gasteiger partial charge on any atom is 0.226 e. The van der Waals surface area contributed by atoms with Crippen molar-refractivity contribution in [2.45, 2.75) is 26.1 Å². The first-order valence-electron chi connectivity index (χ1n) is 8.30. The van der Waals surface area contributed by atoms with Gasteiger partial charge in [-0.05, 0) is 24.1 Å².